The van der Waals surface area contributed by atoms with E-state index in [0.717, 1.165) is 11.3 Å². The Kier molecular flexibility index (Phi) is 4.69. The van der Waals surface area contributed by atoms with Crippen molar-refractivity contribution in [2.75, 3.05) is 0 Å². The lowest BCUT2D eigenvalue weighted by Crippen LogP contribution is -1.93. The number of aliphatic hydroxyl groups is 1. The molecule has 0 saturated heterocycles. The van der Waals surface area contributed by atoms with Crippen LogP contribution in [0.2, 0.25) is 5.02 Å². The average Bonchev–Trinajstić information content (AvgIpc) is 2.41. The lowest BCUT2D eigenvalue weighted by molar-refractivity contribution is 0.199. The van der Waals surface area contributed by atoms with Gasteiger partial charge in [-0.15, -0.1) is 0 Å². The van der Waals surface area contributed by atoms with Crippen LogP contribution < -0.4 is 4.74 Å². The zero-order valence-corrected chi connectivity index (χ0v) is 12.7. The molecule has 0 spiro atoms. The molecule has 1 atom stereocenters. The van der Waals surface area contributed by atoms with Gasteiger partial charge >= 0.3 is 0 Å². The predicted molar refractivity (Wildman–Crippen MR) is 82.7 cm³/mol. The van der Waals surface area contributed by atoms with Crippen molar-refractivity contribution in [3.05, 3.63) is 58.6 Å². The van der Waals surface area contributed by atoms with Gasteiger partial charge in [-0.25, -0.2) is 0 Å². The lowest BCUT2D eigenvalue weighted by Gasteiger charge is -2.12. The third kappa shape index (κ3) is 3.53. The minimum atomic E-state index is -0.536. The van der Waals surface area contributed by atoms with Gasteiger partial charge in [0.2, 0.25) is 0 Å². The molecule has 0 aromatic heterocycles. The Balaban J connectivity index is 2.24. The third-order valence-electron chi connectivity index (χ3n) is 3.19. The topological polar surface area (TPSA) is 29.5 Å². The van der Waals surface area contributed by atoms with E-state index in [2.05, 4.69) is 19.9 Å². The fraction of sp³-hybridized carbons (Fsp3) is 0.294. The minimum Gasteiger partial charge on any atom is -0.456 e. The maximum Gasteiger partial charge on any atom is 0.146 e. The summed E-state index contributed by atoms with van der Waals surface area (Å²) in [5, 5.41) is 10.0. The van der Waals surface area contributed by atoms with Crippen LogP contribution in [0.25, 0.3) is 0 Å². The summed E-state index contributed by atoms with van der Waals surface area (Å²) >= 11 is 6.19. The van der Waals surface area contributed by atoms with Crippen LogP contribution in [-0.2, 0) is 0 Å². The smallest absolute Gasteiger partial charge is 0.146 e. The number of hydrogen-bond donors (Lipinski definition) is 1. The summed E-state index contributed by atoms with van der Waals surface area (Å²) in [6.07, 6.45) is -0.536. The number of aliphatic hydroxyl groups excluding tert-OH is 1. The Hall–Kier alpha value is -1.51. The fourth-order valence-electron chi connectivity index (χ4n) is 1.92. The van der Waals surface area contributed by atoms with Crippen LogP contribution in [-0.4, -0.2) is 5.11 Å². The van der Waals surface area contributed by atoms with Crippen molar-refractivity contribution < 1.29 is 9.84 Å². The molecular weight excluding hydrogens is 272 g/mol. The second kappa shape index (κ2) is 6.29. The molecule has 0 fully saturated rings. The van der Waals surface area contributed by atoms with Gasteiger partial charge in [-0.05, 0) is 48.2 Å². The first-order chi connectivity index (χ1) is 9.47. The molecule has 2 nitrogen and oxygen atoms in total. The summed E-state index contributed by atoms with van der Waals surface area (Å²) in [6, 6.07) is 13.3. The Morgan fingerprint density at radius 3 is 2.35 bits per heavy atom. The van der Waals surface area contributed by atoms with Crippen LogP contribution in [0.4, 0.5) is 0 Å². The third-order valence-corrected chi connectivity index (χ3v) is 3.49. The Morgan fingerprint density at radius 1 is 1.00 bits per heavy atom. The van der Waals surface area contributed by atoms with E-state index in [1.54, 1.807) is 19.1 Å². The highest BCUT2D eigenvalue weighted by molar-refractivity contribution is 6.32. The molecule has 1 N–H and O–H groups in total. The van der Waals surface area contributed by atoms with Crippen molar-refractivity contribution in [3.63, 3.8) is 0 Å². The van der Waals surface area contributed by atoms with E-state index in [0.29, 0.717) is 16.7 Å². The molecule has 0 heterocycles. The molecule has 0 amide bonds. The van der Waals surface area contributed by atoms with Crippen LogP contribution in [0, 0.1) is 0 Å². The second-order valence-corrected chi connectivity index (χ2v) is 5.60. The highest BCUT2D eigenvalue weighted by Gasteiger charge is 2.08. The van der Waals surface area contributed by atoms with Crippen LogP contribution in [0.1, 0.15) is 43.9 Å². The quantitative estimate of drug-likeness (QED) is 0.827. The van der Waals surface area contributed by atoms with Crippen LogP contribution in [0.15, 0.2) is 42.5 Å². The molecule has 20 heavy (non-hydrogen) atoms. The average molecular weight is 291 g/mol. The number of rotatable bonds is 4. The Bertz CT molecular complexity index is 591. The van der Waals surface area contributed by atoms with Crippen molar-refractivity contribution in [1.29, 1.82) is 0 Å². The molecule has 0 aliphatic rings. The first-order valence-electron chi connectivity index (χ1n) is 6.72. The van der Waals surface area contributed by atoms with Crippen LogP contribution in [0.5, 0.6) is 11.5 Å². The minimum absolute atomic E-state index is 0.451. The molecule has 2 rings (SSSR count). The molecule has 0 aliphatic carbocycles. The fourth-order valence-corrected chi connectivity index (χ4v) is 2.15. The van der Waals surface area contributed by atoms with Crippen molar-refractivity contribution in [2.24, 2.45) is 0 Å². The molecule has 0 bridgehead atoms. The largest absolute Gasteiger partial charge is 0.456 e. The molecule has 106 valence electrons. The summed E-state index contributed by atoms with van der Waals surface area (Å²) in [4.78, 5) is 0. The molecule has 0 saturated carbocycles. The normalized spacial score (nSPS) is 12.5. The van der Waals surface area contributed by atoms with E-state index in [-0.39, 0.29) is 0 Å². The van der Waals surface area contributed by atoms with Crippen molar-refractivity contribution in [1.82, 2.24) is 0 Å². The standard InChI is InChI=1S/C17H19ClO2/c1-11(2)13-5-4-6-15(9-13)20-17-8-7-14(12(3)19)10-16(17)18/h4-12,19H,1-3H3. The lowest BCUT2D eigenvalue weighted by atomic mass is 10.0. The Labute approximate surface area is 125 Å². The molecule has 2 aromatic carbocycles. The van der Waals surface area contributed by atoms with E-state index in [4.69, 9.17) is 16.3 Å². The van der Waals surface area contributed by atoms with E-state index in [1.165, 1.54) is 5.56 Å². The number of ether oxygens (including phenoxy) is 1. The van der Waals surface area contributed by atoms with Gasteiger partial charge in [0.1, 0.15) is 11.5 Å². The van der Waals surface area contributed by atoms with E-state index in [9.17, 15) is 5.11 Å². The first kappa shape index (κ1) is 14.9. The molecule has 3 heteroatoms. The summed E-state index contributed by atoms with van der Waals surface area (Å²) in [6.45, 7) is 5.99. The van der Waals surface area contributed by atoms with Crippen molar-refractivity contribution in [2.45, 2.75) is 32.8 Å². The monoisotopic (exact) mass is 290 g/mol. The van der Waals surface area contributed by atoms with Gasteiger partial charge in [0.15, 0.2) is 0 Å². The van der Waals surface area contributed by atoms with Crippen molar-refractivity contribution >= 4 is 11.6 Å². The predicted octanol–water partition coefficient (Wildman–Crippen LogP) is 5.31. The maximum atomic E-state index is 9.53. The van der Waals surface area contributed by atoms with Gasteiger partial charge in [-0.3, -0.25) is 0 Å². The highest BCUT2D eigenvalue weighted by atomic mass is 35.5. The Morgan fingerprint density at radius 2 is 1.75 bits per heavy atom. The first-order valence-corrected chi connectivity index (χ1v) is 7.10. The van der Waals surface area contributed by atoms with Crippen LogP contribution >= 0.6 is 11.6 Å². The number of halogens is 1. The number of benzene rings is 2. The van der Waals surface area contributed by atoms with Gasteiger partial charge in [0.05, 0.1) is 11.1 Å². The maximum absolute atomic E-state index is 9.53. The zero-order valence-electron chi connectivity index (χ0n) is 11.9. The summed E-state index contributed by atoms with van der Waals surface area (Å²) in [5.74, 6) is 1.81. The van der Waals surface area contributed by atoms with Crippen LogP contribution in [0.3, 0.4) is 0 Å². The van der Waals surface area contributed by atoms with Gasteiger partial charge < -0.3 is 9.84 Å². The summed E-state index contributed by atoms with van der Waals surface area (Å²) in [7, 11) is 0. The molecule has 1 unspecified atom stereocenters. The summed E-state index contributed by atoms with van der Waals surface area (Å²) in [5.41, 5.74) is 2.00. The van der Waals surface area contributed by atoms with Crippen molar-refractivity contribution in [3.8, 4) is 11.5 Å². The molecule has 0 radical (unpaired) electrons. The zero-order chi connectivity index (χ0) is 14.7. The highest BCUT2D eigenvalue weighted by Crippen LogP contribution is 2.32. The number of hydrogen-bond acceptors (Lipinski definition) is 2. The van der Waals surface area contributed by atoms with E-state index >= 15 is 0 Å². The van der Waals surface area contributed by atoms with E-state index in [1.807, 2.05) is 24.3 Å². The second-order valence-electron chi connectivity index (χ2n) is 5.20. The molecule has 2 aromatic rings. The van der Waals surface area contributed by atoms with Gasteiger partial charge in [-0.1, -0.05) is 43.6 Å². The van der Waals surface area contributed by atoms with Gasteiger partial charge in [0, 0.05) is 0 Å². The van der Waals surface area contributed by atoms with E-state index < -0.39 is 6.10 Å². The molecular formula is C17H19ClO2. The van der Waals surface area contributed by atoms with Gasteiger partial charge in [0.25, 0.3) is 0 Å². The summed E-state index contributed by atoms with van der Waals surface area (Å²) < 4.78 is 5.82. The molecule has 0 aliphatic heterocycles. The van der Waals surface area contributed by atoms with Gasteiger partial charge in [-0.2, -0.15) is 0 Å². The SMILES string of the molecule is CC(C)c1cccc(Oc2ccc(C(C)O)cc2Cl)c1.